The summed E-state index contributed by atoms with van der Waals surface area (Å²) in [7, 11) is 0. The lowest BCUT2D eigenvalue weighted by molar-refractivity contribution is -0.121. The first-order chi connectivity index (χ1) is 14.5. The zero-order valence-corrected chi connectivity index (χ0v) is 16.7. The molecule has 154 valence electrons. The van der Waals surface area contributed by atoms with Gasteiger partial charge in [-0.3, -0.25) is 14.6 Å². The monoisotopic (exact) mass is 406 g/mol. The fourth-order valence-electron chi connectivity index (χ4n) is 2.85. The summed E-state index contributed by atoms with van der Waals surface area (Å²) < 4.78 is 13.2. The molecule has 0 saturated carbocycles. The van der Waals surface area contributed by atoms with E-state index in [0.717, 1.165) is 11.1 Å². The van der Waals surface area contributed by atoms with Gasteiger partial charge in [0.1, 0.15) is 11.5 Å². The molecule has 3 aromatic rings. The first-order valence-electron chi connectivity index (χ1n) is 9.64. The third-order valence-corrected chi connectivity index (χ3v) is 4.52. The Labute approximate surface area is 174 Å². The van der Waals surface area contributed by atoms with Crippen molar-refractivity contribution in [2.24, 2.45) is 0 Å². The number of aryl methyl sites for hydroxylation is 1. The molecule has 2 amide bonds. The molecule has 0 atom stereocenters. The summed E-state index contributed by atoms with van der Waals surface area (Å²) in [5.41, 5.74) is 2.67. The second-order valence-electron chi connectivity index (χ2n) is 6.91. The van der Waals surface area contributed by atoms with Crippen LogP contribution in [0.25, 0.3) is 0 Å². The fraction of sp³-hybridized carbons (Fsp3) is 0.217. The zero-order chi connectivity index (χ0) is 21.3. The summed E-state index contributed by atoms with van der Waals surface area (Å²) in [4.78, 5) is 35.0. The molecule has 3 rings (SSSR count). The Morgan fingerprint density at radius 2 is 1.70 bits per heavy atom. The second kappa shape index (κ2) is 10.2. The highest BCUT2D eigenvalue weighted by Crippen LogP contribution is 2.11. The molecule has 0 fully saturated rings. The lowest BCUT2D eigenvalue weighted by Crippen LogP contribution is -2.35. The van der Waals surface area contributed by atoms with Crippen LogP contribution in [-0.4, -0.2) is 33.2 Å². The van der Waals surface area contributed by atoms with Crippen molar-refractivity contribution >= 4 is 11.8 Å². The van der Waals surface area contributed by atoms with Gasteiger partial charge in [0.05, 0.1) is 11.9 Å². The van der Waals surface area contributed by atoms with Gasteiger partial charge in [-0.1, -0.05) is 42.5 Å². The fourth-order valence-corrected chi connectivity index (χ4v) is 2.85. The van der Waals surface area contributed by atoms with Crippen molar-refractivity contribution in [3.05, 3.63) is 95.3 Å². The molecular weight excluding hydrogens is 383 g/mol. The van der Waals surface area contributed by atoms with Crippen molar-refractivity contribution < 1.29 is 14.0 Å². The van der Waals surface area contributed by atoms with Crippen molar-refractivity contribution in [2.45, 2.75) is 26.4 Å². The minimum atomic E-state index is -0.346. The van der Waals surface area contributed by atoms with E-state index < -0.39 is 0 Å². The number of rotatable bonds is 8. The summed E-state index contributed by atoms with van der Waals surface area (Å²) in [5.74, 6) is -0.838. The number of aromatic nitrogens is 2. The molecule has 1 aromatic heterocycles. The molecule has 0 bridgehead atoms. The van der Waals surface area contributed by atoms with Crippen LogP contribution in [0.4, 0.5) is 4.39 Å². The molecule has 30 heavy (non-hydrogen) atoms. The molecule has 0 saturated heterocycles. The SMILES string of the molecule is Cc1cnc(C(=O)N(CCC(=O)NCc2ccccc2)Cc2ccc(F)cc2)cn1. The van der Waals surface area contributed by atoms with E-state index in [0.29, 0.717) is 12.2 Å². The lowest BCUT2D eigenvalue weighted by Gasteiger charge is -2.22. The molecule has 0 aliphatic rings. The van der Waals surface area contributed by atoms with Crippen LogP contribution in [0.3, 0.4) is 0 Å². The maximum absolute atomic E-state index is 13.2. The summed E-state index contributed by atoms with van der Waals surface area (Å²) >= 11 is 0. The largest absolute Gasteiger partial charge is 0.352 e. The smallest absolute Gasteiger partial charge is 0.274 e. The Kier molecular flexibility index (Phi) is 7.21. The van der Waals surface area contributed by atoms with Crippen molar-refractivity contribution in [1.29, 1.82) is 0 Å². The number of hydrogen-bond donors (Lipinski definition) is 1. The zero-order valence-electron chi connectivity index (χ0n) is 16.7. The molecule has 1 N–H and O–H groups in total. The van der Waals surface area contributed by atoms with E-state index in [-0.39, 0.29) is 42.8 Å². The van der Waals surface area contributed by atoms with E-state index in [1.165, 1.54) is 29.4 Å². The van der Waals surface area contributed by atoms with E-state index in [1.54, 1.807) is 19.1 Å². The summed E-state index contributed by atoms with van der Waals surface area (Å²) in [5, 5.41) is 2.86. The molecule has 1 heterocycles. The van der Waals surface area contributed by atoms with Crippen LogP contribution in [0.5, 0.6) is 0 Å². The van der Waals surface area contributed by atoms with E-state index in [4.69, 9.17) is 0 Å². The van der Waals surface area contributed by atoms with Gasteiger partial charge in [0.15, 0.2) is 0 Å². The highest BCUT2D eigenvalue weighted by atomic mass is 19.1. The Morgan fingerprint density at radius 1 is 0.967 bits per heavy atom. The third-order valence-electron chi connectivity index (χ3n) is 4.52. The van der Waals surface area contributed by atoms with E-state index >= 15 is 0 Å². The molecule has 0 spiro atoms. The second-order valence-corrected chi connectivity index (χ2v) is 6.91. The van der Waals surface area contributed by atoms with Gasteiger partial charge >= 0.3 is 0 Å². The number of nitrogens with zero attached hydrogens (tertiary/aromatic N) is 3. The molecular formula is C23H23FN4O2. The maximum Gasteiger partial charge on any atom is 0.274 e. The summed E-state index contributed by atoms with van der Waals surface area (Å²) in [6, 6.07) is 15.5. The Morgan fingerprint density at radius 3 is 2.37 bits per heavy atom. The van der Waals surface area contributed by atoms with Crippen LogP contribution >= 0.6 is 0 Å². The molecule has 2 aromatic carbocycles. The van der Waals surface area contributed by atoms with Gasteiger partial charge in [-0.25, -0.2) is 9.37 Å². The number of carbonyl (C=O) groups excluding carboxylic acids is 2. The van der Waals surface area contributed by atoms with Gasteiger partial charge in [-0.2, -0.15) is 0 Å². The quantitative estimate of drug-likeness (QED) is 0.623. The Bertz CT molecular complexity index is 976. The molecule has 7 heteroatoms. The minimum absolute atomic E-state index is 0.138. The summed E-state index contributed by atoms with van der Waals surface area (Å²) in [6.45, 7) is 2.65. The predicted octanol–water partition coefficient (Wildman–Crippen LogP) is 3.27. The Balaban J connectivity index is 1.65. The van der Waals surface area contributed by atoms with Gasteiger partial charge < -0.3 is 10.2 Å². The molecule has 0 unspecified atom stereocenters. The number of benzene rings is 2. The number of amides is 2. The third kappa shape index (κ3) is 6.20. The molecule has 0 radical (unpaired) electrons. The van der Waals surface area contributed by atoms with Crippen LogP contribution in [-0.2, 0) is 17.9 Å². The van der Waals surface area contributed by atoms with E-state index in [1.807, 2.05) is 30.3 Å². The van der Waals surface area contributed by atoms with Crippen molar-refractivity contribution in [3.63, 3.8) is 0 Å². The van der Waals surface area contributed by atoms with E-state index in [9.17, 15) is 14.0 Å². The molecule has 0 aliphatic carbocycles. The number of nitrogens with one attached hydrogen (secondary N) is 1. The highest BCUT2D eigenvalue weighted by Gasteiger charge is 2.19. The average molecular weight is 406 g/mol. The van der Waals surface area contributed by atoms with Gasteiger partial charge in [-0.05, 0) is 30.2 Å². The van der Waals surface area contributed by atoms with E-state index in [2.05, 4.69) is 15.3 Å². The predicted molar refractivity (Wildman–Crippen MR) is 111 cm³/mol. The lowest BCUT2D eigenvalue weighted by atomic mass is 10.2. The topological polar surface area (TPSA) is 75.2 Å². The van der Waals surface area contributed by atoms with Crippen LogP contribution in [0, 0.1) is 12.7 Å². The van der Waals surface area contributed by atoms with Crippen molar-refractivity contribution in [3.8, 4) is 0 Å². The van der Waals surface area contributed by atoms with Crippen LogP contribution in [0.15, 0.2) is 67.0 Å². The Hall–Kier alpha value is -3.61. The first-order valence-corrected chi connectivity index (χ1v) is 9.64. The summed E-state index contributed by atoms with van der Waals surface area (Å²) in [6.07, 6.45) is 3.08. The van der Waals surface area contributed by atoms with Gasteiger partial charge in [-0.15, -0.1) is 0 Å². The highest BCUT2D eigenvalue weighted by molar-refractivity contribution is 5.92. The minimum Gasteiger partial charge on any atom is -0.352 e. The van der Waals surface area contributed by atoms with Crippen LogP contribution in [0.2, 0.25) is 0 Å². The number of hydrogen-bond acceptors (Lipinski definition) is 4. The van der Waals surface area contributed by atoms with Gasteiger partial charge in [0.25, 0.3) is 5.91 Å². The average Bonchev–Trinajstić information content (AvgIpc) is 2.77. The van der Waals surface area contributed by atoms with Crippen molar-refractivity contribution in [2.75, 3.05) is 6.54 Å². The number of carbonyl (C=O) groups is 2. The molecule has 0 aliphatic heterocycles. The van der Waals surface area contributed by atoms with Crippen LogP contribution < -0.4 is 5.32 Å². The van der Waals surface area contributed by atoms with Gasteiger partial charge in [0.2, 0.25) is 5.91 Å². The van der Waals surface area contributed by atoms with Gasteiger partial charge in [0, 0.05) is 32.3 Å². The standard InChI is InChI=1S/C23H23FN4O2/c1-17-13-26-21(15-25-17)23(30)28(16-19-7-9-20(24)10-8-19)12-11-22(29)27-14-18-5-3-2-4-6-18/h2-10,13,15H,11-12,14,16H2,1H3,(H,27,29). The first kappa shape index (κ1) is 21.1. The van der Waals surface area contributed by atoms with Crippen LogP contribution in [0.1, 0.15) is 33.7 Å². The van der Waals surface area contributed by atoms with Crippen molar-refractivity contribution in [1.82, 2.24) is 20.2 Å². The molecule has 6 nitrogen and oxygen atoms in total. The normalized spacial score (nSPS) is 10.5. The maximum atomic E-state index is 13.2. The number of halogens is 1.